The first kappa shape index (κ1) is 13.6. The Morgan fingerprint density at radius 2 is 2.00 bits per heavy atom. The number of piperidine rings is 1. The Morgan fingerprint density at radius 3 is 2.59 bits per heavy atom. The van der Waals surface area contributed by atoms with Gasteiger partial charge in [-0.1, -0.05) is 6.42 Å². The van der Waals surface area contributed by atoms with Gasteiger partial charge in [0.05, 0.1) is 0 Å². The van der Waals surface area contributed by atoms with Crippen molar-refractivity contribution in [1.82, 2.24) is 8.61 Å². The van der Waals surface area contributed by atoms with E-state index in [1.165, 1.54) is 0 Å². The first-order valence-electron chi connectivity index (χ1n) is 6.38. The predicted octanol–water partition coefficient (Wildman–Crippen LogP) is 1.67. The van der Waals surface area contributed by atoms with Crippen molar-refractivity contribution in [3.8, 4) is 0 Å². The van der Waals surface area contributed by atoms with Crippen LogP contribution < -0.4 is 0 Å². The van der Waals surface area contributed by atoms with Gasteiger partial charge in [-0.05, 0) is 32.1 Å². The monoisotopic (exact) mass is 280 g/mol. The van der Waals surface area contributed by atoms with E-state index in [0.717, 1.165) is 25.7 Å². The van der Waals surface area contributed by atoms with E-state index in [4.69, 9.17) is 11.6 Å². The zero-order valence-corrected chi connectivity index (χ0v) is 11.9. The lowest BCUT2D eigenvalue weighted by molar-refractivity contribution is 0.249. The van der Waals surface area contributed by atoms with E-state index in [-0.39, 0.29) is 6.04 Å². The topological polar surface area (TPSA) is 40.6 Å². The standard InChI is InChI=1S/C11H21ClN2O2S/c1-10-4-2-3-6-14(10)17(15,16)13-7-5-11(8-12)9-13/h10-11H,2-9H2,1H3. The number of hydrogen-bond acceptors (Lipinski definition) is 2. The Hall–Kier alpha value is 0.160. The smallest absolute Gasteiger partial charge is 0.195 e. The van der Waals surface area contributed by atoms with Gasteiger partial charge in [0.15, 0.2) is 0 Å². The van der Waals surface area contributed by atoms with E-state index >= 15 is 0 Å². The number of alkyl halides is 1. The molecule has 0 N–H and O–H groups in total. The maximum absolute atomic E-state index is 12.5. The molecule has 0 aliphatic carbocycles. The van der Waals surface area contributed by atoms with Gasteiger partial charge in [0.1, 0.15) is 0 Å². The van der Waals surface area contributed by atoms with Crippen LogP contribution in [0, 0.1) is 5.92 Å². The van der Waals surface area contributed by atoms with E-state index in [2.05, 4.69) is 0 Å². The van der Waals surface area contributed by atoms with Crippen molar-refractivity contribution < 1.29 is 8.42 Å². The fourth-order valence-electron chi connectivity index (χ4n) is 2.70. The highest BCUT2D eigenvalue weighted by molar-refractivity contribution is 7.86. The lowest BCUT2D eigenvalue weighted by Gasteiger charge is -2.35. The average Bonchev–Trinajstić information content (AvgIpc) is 2.78. The SMILES string of the molecule is CC1CCCCN1S(=O)(=O)N1CCC(CCl)C1. The second-order valence-electron chi connectivity index (χ2n) is 5.13. The molecule has 0 amide bonds. The lowest BCUT2D eigenvalue weighted by atomic mass is 10.1. The molecule has 2 atom stereocenters. The highest BCUT2D eigenvalue weighted by atomic mass is 35.5. The van der Waals surface area contributed by atoms with Crippen LogP contribution in [0.3, 0.4) is 0 Å². The van der Waals surface area contributed by atoms with Crippen LogP contribution in [0.25, 0.3) is 0 Å². The zero-order valence-electron chi connectivity index (χ0n) is 10.3. The summed E-state index contributed by atoms with van der Waals surface area (Å²) < 4.78 is 28.2. The predicted molar refractivity (Wildman–Crippen MR) is 69.3 cm³/mol. The molecule has 0 saturated carbocycles. The second-order valence-corrected chi connectivity index (χ2v) is 7.32. The summed E-state index contributed by atoms with van der Waals surface area (Å²) in [6.45, 7) is 3.90. The summed E-state index contributed by atoms with van der Waals surface area (Å²) in [5.41, 5.74) is 0. The molecule has 0 aromatic rings. The molecule has 2 aliphatic rings. The van der Waals surface area contributed by atoms with Crippen LogP contribution in [0.1, 0.15) is 32.6 Å². The van der Waals surface area contributed by atoms with Crippen molar-refractivity contribution in [2.45, 2.75) is 38.6 Å². The first-order valence-corrected chi connectivity index (χ1v) is 8.31. The number of hydrogen-bond donors (Lipinski definition) is 0. The van der Waals surface area contributed by atoms with Crippen LogP contribution in [-0.4, -0.2) is 48.6 Å². The van der Waals surface area contributed by atoms with Gasteiger partial charge in [0.25, 0.3) is 10.2 Å². The van der Waals surface area contributed by atoms with Crippen LogP contribution in [0.15, 0.2) is 0 Å². The minimum atomic E-state index is -3.25. The Balaban J connectivity index is 2.08. The highest BCUT2D eigenvalue weighted by Crippen LogP contribution is 2.27. The molecule has 100 valence electrons. The van der Waals surface area contributed by atoms with Crippen molar-refractivity contribution in [3.05, 3.63) is 0 Å². The molecule has 0 spiro atoms. The van der Waals surface area contributed by atoms with Crippen LogP contribution in [-0.2, 0) is 10.2 Å². The molecule has 2 heterocycles. The van der Waals surface area contributed by atoms with Gasteiger partial charge in [-0.3, -0.25) is 0 Å². The van der Waals surface area contributed by atoms with Crippen molar-refractivity contribution in [1.29, 1.82) is 0 Å². The molecule has 0 aromatic heterocycles. The molecule has 6 heteroatoms. The summed E-state index contributed by atoms with van der Waals surface area (Å²) >= 11 is 5.80. The zero-order chi connectivity index (χ0) is 12.5. The third-order valence-electron chi connectivity index (χ3n) is 3.83. The summed E-state index contributed by atoms with van der Waals surface area (Å²) in [6, 6.07) is 0.142. The van der Waals surface area contributed by atoms with Crippen molar-refractivity contribution in [3.63, 3.8) is 0 Å². The van der Waals surface area contributed by atoms with Gasteiger partial charge in [-0.2, -0.15) is 17.0 Å². The fraction of sp³-hybridized carbons (Fsp3) is 1.00. The van der Waals surface area contributed by atoms with Gasteiger partial charge in [-0.15, -0.1) is 11.6 Å². The molecule has 2 fully saturated rings. The average molecular weight is 281 g/mol. The Morgan fingerprint density at radius 1 is 1.24 bits per heavy atom. The van der Waals surface area contributed by atoms with Crippen LogP contribution in [0.2, 0.25) is 0 Å². The number of nitrogens with zero attached hydrogens (tertiary/aromatic N) is 2. The van der Waals surface area contributed by atoms with Gasteiger partial charge in [-0.25, -0.2) is 0 Å². The van der Waals surface area contributed by atoms with Gasteiger partial charge in [0, 0.05) is 31.6 Å². The number of rotatable bonds is 3. The molecule has 0 radical (unpaired) electrons. The summed E-state index contributed by atoms with van der Waals surface area (Å²) in [5, 5.41) is 0. The Bertz CT molecular complexity index is 360. The van der Waals surface area contributed by atoms with Gasteiger partial charge < -0.3 is 0 Å². The Labute approximate surface area is 109 Å². The molecule has 0 aromatic carbocycles. The van der Waals surface area contributed by atoms with Crippen LogP contribution in [0.5, 0.6) is 0 Å². The lowest BCUT2D eigenvalue weighted by Crippen LogP contribution is -2.49. The molecule has 0 bridgehead atoms. The fourth-order valence-corrected chi connectivity index (χ4v) is 4.90. The first-order chi connectivity index (χ1) is 8.05. The van der Waals surface area contributed by atoms with Crippen molar-refractivity contribution in [2.75, 3.05) is 25.5 Å². The molecule has 2 rings (SSSR count). The molecule has 2 saturated heterocycles. The summed E-state index contributed by atoms with van der Waals surface area (Å²) in [5.74, 6) is 0.883. The van der Waals surface area contributed by atoms with Gasteiger partial charge in [0.2, 0.25) is 0 Å². The third-order valence-corrected chi connectivity index (χ3v) is 6.39. The van der Waals surface area contributed by atoms with Crippen LogP contribution in [0.4, 0.5) is 0 Å². The van der Waals surface area contributed by atoms with Gasteiger partial charge >= 0.3 is 0 Å². The van der Waals surface area contributed by atoms with E-state index < -0.39 is 10.2 Å². The van der Waals surface area contributed by atoms with E-state index in [0.29, 0.717) is 31.4 Å². The molecule has 2 aliphatic heterocycles. The molecule has 2 unspecified atom stereocenters. The highest BCUT2D eigenvalue weighted by Gasteiger charge is 2.38. The maximum Gasteiger partial charge on any atom is 0.282 e. The Kier molecular flexibility index (Phi) is 4.34. The minimum absolute atomic E-state index is 0.142. The molecular weight excluding hydrogens is 260 g/mol. The molecule has 4 nitrogen and oxygen atoms in total. The number of halogens is 1. The van der Waals surface area contributed by atoms with Crippen molar-refractivity contribution in [2.24, 2.45) is 5.92 Å². The van der Waals surface area contributed by atoms with Crippen LogP contribution >= 0.6 is 11.6 Å². The molecule has 17 heavy (non-hydrogen) atoms. The quantitative estimate of drug-likeness (QED) is 0.738. The minimum Gasteiger partial charge on any atom is -0.195 e. The van der Waals surface area contributed by atoms with E-state index in [9.17, 15) is 8.42 Å². The summed E-state index contributed by atoms with van der Waals surface area (Å²) in [7, 11) is -3.25. The van der Waals surface area contributed by atoms with E-state index in [1.807, 2.05) is 6.92 Å². The van der Waals surface area contributed by atoms with E-state index in [1.54, 1.807) is 8.61 Å². The van der Waals surface area contributed by atoms with Crippen molar-refractivity contribution >= 4 is 21.8 Å². The molecular formula is C11H21ClN2O2S. The maximum atomic E-state index is 12.5. The third kappa shape index (κ3) is 2.78. The normalized spacial score (nSPS) is 33.1. The summed E-state index contributed by atoms with van der Waals surface area (Å²) in [4.78, 5) is 0. The second kappa shape index (κ2) is 5.43. The summed E-state index contributed by atoms with van der Waals surface area (Å²) in [6.07, 6.45) is 3.99. The largest absolute Gasteiger partial charge is 0.282 e.